The van der Waals surface area contributed by atoms with Crippen LogP contribution in [0.1, 0.15) is 47.2 Å². The van der Waals surface area contributed by atoms with Gasteiger partial charge < -0.3 is 10.3 Å². The molecule has 8 heteroatoms. The van der Waals surface area contributed by atoms with E-state index < -0.39 is 5.91 Å². The minimum atomic E-state index is -0.570. The molecule has 0 fully saturated rings. The largest absolute Gasteiger partial charge is 0.364 e. The van der Waals surface area contributed by atoms with Gasteiger partial charge in [0.1, 0.15) is 28.9 Å². The third kappa shape index (κ3) is 5.70. The van der Waals surface area contributed by atoms with Crippen LogP contribution >= 0.6 is 0 Å². The Balaban J connectivity index is 1.72. The fourth-order valence-electron chi connectivity index (χ4n) is 4.47. The lowest BCUT2D eigenvalue weighted by molar-refractivity contribution is 0.0992. The number of unbranched alkanes of at least 4 members (excludes halogenated alkanes) is 1. The van der Waals surface area contributed by atoms with Crippen LogP contribution < -0.4 is 11.2 Å². The minimum absolute atomic E-state index is 0.323. The summed E-state index contributed by atoms with van der Waals surface area (Å²) in [5.74, 6) is 0.481. The number of hydrogen-bond acceptors (Lipinski definition) is 4. The molecule has 4 aromatic rings. The quantitative estimate of drug-likeness (QED) is 0.169. The van der Waals surface area contributed by atoms with Gasteiger partial charge in [0.05, 0.1) is 0 Å². The van der Waals surface area contributed by atoms with Crippen LogP contribution in [0.25, 0.3) is 22.4 Å². The van der Waals surface area contributed by atoms with Crippen molar-refractivity contribution in [3.63, 3.8) is 0 Å². The number of aromatic nitrogens is 2. The smallest absolute Gasteiger partial charge is 0.267 e. The number of amides is 1. The molecule has 0 radical (unpaired) electrons. The van der Waals surface area contributed by atoms with E-state index in [1.807, 2.05) is 53.1 Å². The second-order valence-electron chi connectivity index (χ2n) is 8.87. The Morgan fingerprint density at radius 1 is 1.05 bits per heavy atom. The molecule has 0 saturated heterocycles. The van der Waals surface area contributed by atoms with E-state index in [0.717, 1.165) is 40.9 Å². The van der Waals surface area contributed by atoms with Crippen molar-refractivity contribution in [3.05, 3.63) is 101 Å². The van der Waals surface area contributed by atoms with E-state index in [2.05, 4.69) is 29.2 Å². The van der Waals surface area contributed by atoms with Crippen molar-refractivity contribution in [2.45, 2.75) is 32.7 Å². The van der Waals surface area contributed by atoms with E-state index in [1.54, 1.807) is 19.2 Å². The van der Waals surface area contributed by atoms with Gasteiger partial charge in [-0.2, -0.15) is 5.10 Å². The molecule has 194 valence electrons. The van der Waals surface area contributed by atoms with Crippen molar-refractivity contribution in [1.82, 2.24) is 15.0 Å². The second-order valence-corrected chi connectivity index (χ2v) is 8.87. The molecule has 0 bridgehead atoms. The number of rotatable bonds is 10. The number of hydrazone groups is 1. The van der Waals surface area contributed by atoms with Crippen LogP contribution in [0.5, 0.6) is 0 Å². The van der Waals surface area contributed by atoms with Crippen LogP contribution in [0.3, 0.4) is 0 Å². The summed E-state index contributed by atoms with van der Waals surface area (Å²) < 4.78 is 15.4. The molecule has 4 rings (SSSR count). The van der Waals surface area contributed by atoms with Crippen molar-refractivity contribution in [3.8, 4) is 22.4 Å². The molecule has 7 nitrogen and oxygen atoms in total. The number of nitrogens with zero attached hydrogens (tertiary/aromatic N) is 4. The molecule has 0 aliphatic carbocycles. The van der Waals surface area contributed by atoms with Crippen molar-refractivity contribution in [2.24, 2.45) is 15.8 Å². The first kappa shape index (κ1) is 26.5. The average molecular weight is 511 g/mol. The summed E-state index contributed by atoms with van der Waals surface area (Å²) in [6, 6.07) is 22.0. The number of amidine groups is 1. The minimum Gasteiger partial charge on any atom is -0.364 e. The number of aliphatic imine (C=N–C) groups is 1. The van der Waals surface area contributed by atoms with Gasteiger partial charge in [-0.1, -0.05) is 61.9 Å². The van der Waals surface area contributed by atoms with Crippen molar-refractivity contribution in [1.29, 1.82) is 0 Å². The molecule has 38 heavy (non-hydrogen) atoms. The Morgan fingerprint density at radius 2 is 1.74 bits per heavy atom. The molecule has 1 amide bonds. The number of carbonyl (C=O) groups excluding carboxylic acids is 1. The molecule has 0 spiro atoms. The molecule has 0 atom stereocenters. The number of halogens is 1. The van der Waals surface area contributed by atoms with Crippen LogP contribution in [-0.4, -0.2) is 35.1 Å². The van der Waals surface area contributed by atoms with Gasteiger partial charge in [-0.05, 0) is 47.4 Å². The predicted molar refractivity (Wildman–Crippen MR) is 151 cm³/mol. The van der Waals surface area contributed by atoms with Gasteiger partial charge >= 0.3 is 0 Å². The Kier molecular flexibility index (Phi) is 8.43. The number of hydrogen-bond donors (Lipinski definition) is 2. The highest BCUT2D eigenvalue weighted by molar-refractivity contribution is 6.04. The van der Waals surface area contributed by atoms with E-state index >= 15 is 0 Å². The van der Waals surface area contributed by atoms with Gasteiger partial charge in [0.15, 0.2) is 0 Å². The SMILES string of the molecule is C=NNC(=NC)c1ccccc1-c1ccc(Cn2c(CCCC)nc(-c3ccc(F)cc3)c2C(N)=O)cc1. The van der Waals surface area contributed by atoms with Gasteiger partial charge in [-0.25, -0.2) is 9.37 Å². The average Bonchev–Trinajstić information content (AvgIpc) is 3.29. The number of nitrogens with two attached hydrogens (primary N) is 1. The summed E-state index contributed by atoms with van der Waals surface area (Å²) in [6.07, 6.45) is 2.60. The van der Waals surface area contributed by atoms with Crippen molar-refractivity contribution >= 4 is 18.5 Å². The summed E-state index contributed by atoms with van der Waals surface area (Å²) in [5, 5.41) is 3.76. The Bertz CT molecular complexity index is 1460. The predicted octanol–water partition coefficient (Wildman–Crippen LogP) is 5.43. The zero-order chi connectivity index (χ0) is 27.1. The topological polar surface area (TPSA) is 97.7 Å². The van der Waals surface area contributed by atoms with E-state index in [-0.39, 0.29) is 5.82 Å². The Hall–Kier alpha value is -4.59. The van der Waals surface area contributed by atoms with Crippen LogP contribution in [-0.2, 0) is 13.0 Å². The highest BCUT2D eigenvalue weighted by Gasteiger charge is 2.22. The number of primary amides is 1. The number of benzene rings is 3. The lowest BCUT2D eigenvalue weighted by Crippen LogP contribution is -2.20. The molecule has 1 heterocycles. The molecule has 3 aromatic carbocycles. The number of imidazole rings is 1. The lowest BCUT2D eigenvalue weighted by atomic mass is 9.98. The van der Waals surface area contributed by atoms with Crippen molar-refractivity contribution in [2.75, 3.05) is 7.05 Å². The highest BCUT2D eigenvalue weighted by Crippen LogP contribution is 2.28. The zero-order valence-corrected chi connectivity index (χ0v) is 21.6. The highest BCUT2D eigenvalue weighted by atomic mass is 19.1. The number of aryl methyl sites for hydroxylation is 1. The summed E-state index contributed by atoms with van der Waals surface area (Å²) in [7, 11) is 1.70. The van der Waals surface area contributed by atoms with Gasteiger partial charge in [0.25, 0.3) is 5.91 Å². The molecule has 0 unspecified atom stereocenters. The van der Waals surface area contributed by atoms with E-state index in [1.165, 1.54) is 12.1 Å². The first-order chi connectivity index (χ1) is 18.5. The molecule has 1 aromatic heterocycles. The molecular formula is C30H31FN6O. The van der Waals surface area contributed by atoms with Crippen LogP contribution in [0.15, 0.2) is 82.9 Å². The number of nitrogens with one attached hydrogen (secondary N) is 1. The molecule has 0 saturated carbocycles. The van der Waals surface area contributed by atoms with Gasteiger partial charge in [0.2, 0.25) is 0 Å². The normalized spacial score (nSPS) is 11.4. The lowest BCUT2D eigenvalue weighted by Gasteiger charge is -2.14. The molecular weight excluding hydrogens is 479 g/mol. The standard InChI is InChI=1S/C30H31FN6O/c1-4-5-10-26-35-27(22-15-17-23(31)18-16-22)28(29(32)38)37(26)19-20-11-13-21(14-12-20)24-8-6-7-9-25(24)30(33-2)36-34-3/h6-9,11-18H,3-5,10,19H2,1-2H3,(H2,32,38)(H,33,36). The third-order valence-electron chi connectivity index (χ3n) is 6.35. The maximum Gasteiger partial charge on any atom is 0.267 e. The van der Waals surface area contributed by atoms with Crippen LogP contribution in [0.4, 0.5) is 4.39 Å². The fourth-order valence-corrected chi connectivity index (χ4v) is 4.47. The third-order valence-corrected chi connectivity index (χ3v) is 6.35. The van der Waals surface area contributed by atoms with Crippen LogP contribution in [0.2, 0.25) is 0 Å². The molecule has 0 aliphatic rings. The summed E-state index contributed by atoms with van der Waals surface area (Å²) in [4.78, 5) is 21.7. The Labute approximate surface area is 222 Å². The van der Waals surface area contributed by atoms with Gasteiger partial charge in [0, 0.05) is 37.9 Å². The first-order valence-corrected chi connectivity index (χ1v) is 12.5. The molecule has 0 aliphatic heterocycles. The number of carbonyl (C=O) groups is 1. The van der Waals surface area contributed by atoms with Gasteiger partial charge in [-0.15, -0.1) is 0 Å². The van der Waals surface area contributed by atoms with E-state index in [9.17, 15) is 9.18 Å². The fraction of sp³-hybridized carbons (Fsp3) is 0.200. The Morgan fingerprint density at radius 3 is 2.37 bits per heavy atom. The summed E-state index contributed by atoms with van der Waals surface area (Å²) in [5.41, 5.74) is 14.1. The van der Waals surface area contributed by atoms with E-state index in [0.29, 0.717) is 35.8 Å². The zero-order valence-electron chi connectivity index (χ0n) is 21.6. The maximum absolute atomic E-state index is 13.5. The van der Waals surface area contributed by atoms with Crippen LogP contribution in [0, 0.1) is 5.82 Å². The maximum atomic E-state index is 13.5. The van der Waals surface area contributed by atoms with Gasteiger partial charge in [-0.3, -0.25) is 15.2 Å². The van der Waals surface area contributed by atoms with Crippen molar-refractivity contribution < 1.29 is 9.18 Å². The monoisotopic (exact) mass is 510 g/mol. The molecule has 3 N–H and O–H groups in total. The first-order valence-electron chi connectivity index (χ1n) is 12.5. The summed E-state index contributed by atoms with van der Waals surface area (Å²) in [6.45, 7) is 6.03. The summed E-state index contributed by atoms with van der Waals surface area (Å²) >= 11 is 0. The second kappa shape index (κ2) is 12.1. The van der Waals surface area contributed by atoms with E-state index in [4.69, 9.17) is 10.7 Å².